The van der Waals surface area contributed by atoms with Crippen molar-refractivity contribution in [1.29, 1.82) is 5.26 Å². The summed E-state index contributed by atoms with van der Waals surface area (Å²) >= 11 is 3.33. The summed E-state index contributed by atoms with van der Waals surface area (Å²) in [6.45, 7) is 0.241. The summed E-state index contributed by atoms with van der Waals surface area (Å²) < 4.78 is 15.8. The van der Waals surface area contributed by atoms with Gasteiger partial charge in [0, 0.05) is 17.3 Å². The van der Waals surface area contributed by atoms with Gasteiger partial charge in [0.05, 0.1) is 22.7 Å². The fourth-order valence-electron chi connectivity index (χ4n) is 2.27. The molecule has 2 aromatic carbocycles. The van der Waals surface area contributed by atoms with Crippen LogP contribution in [0, 0.1) is 17.1 Å². The summed E-state index contributed by atoms with van der Waals surface area (Å²) in [5, 5.41) is 15.8. The van der Waals surface area contributed by atoms with Crippen LogP contribution in [-0.2, 0) is 6.54 Å². The molecular formula is C18H12BrFN4O. The molecule has 0 unspecified atom stereocenters. The van der Waals surface area contributed by atoms with E-state index in [9.17, 15) is 9.18 Å². The van der Waals surface area contributed by atoms with Crippen LogP contribution in [0.5, 0.6) is 0 Å². The maximum Gasteiger partial charge on any atom is 0.256 e. The second-order valence-electron chi connectivity index (χ2n) is 5.26. The van der Waals surface area contributed by atoms with Gasteiger partial charge in [0.1, 0.15) is 5.82 Å². The number of hydrogen-bond donors (Lipinski definition) is 1. The fraction of sp³-hybridized carbons (Fsp3) is 0.0556. The molecule has 5 nitrogen and oxygen atoms in total. The van der Waals surface area contributed by atoms with Crippen molar-refractivity contribution in [2.24, 2.45) is 0 Å². The van der Waals surface area contributed by atoms with E-state index < -0.39 is 0 Å². The minimum absolute atomic E-state index is 0.241. The summed E-state index contributed by atoms with van der Waals surface area (Å²) in [5.74, 6) is -0.370. The molecule has 1 amide bonds. The van der Waals surface area contributed by atoms with Gasteiger partial charge in [-0.25, -0.2) is 4.39 Å². The van der Waals surface area contributed by atoms with Gasteiger partial charge in [0.25, 0.3) is 5.91 Å². The van der Waals surface area contributed by atoms with E-state index in [1.54, 1.807) is 42.6 Å². The zero-order valence-electron chi connectivity index (χ0n) is 12.9. The van der Waals surface area contributed by atoms with Crippen molar-refractivity contribution in [1.82, 2.24) is 9.78 Å². The molecule has 7 heteroatoms. The summed E-state index contributed by atoms with van der Waals surface area (Å²) in [4.78, 5) is 12.3. The summed E-state index contributed by atoms with van der Waals surface area (Å²) in [6.07, 6.45) is 1.66. The van der Waals surface area contributed by atoms with Gasteiger partial charge >= 0.3 is 0 Å². The van der Waals surface area contributed by atoms with Crippen LogP contribution in [0.25, 0.3) is 0 Å². The molecule has 0 saturated heterocycles. The Hall–Kier alpha value is -2.98. The molecule has 0 aliphatic heterocycles. The topological polar surface area (TPSA) is 70.7 Å². The van der Waals surface area contributed by atoms with Crippen LogP contribution >= 0.6 is 15.9 Å². The van der Waals surface area contributed by atoms with Crippen LogP contribution in [0.2, 0.25) is 0 Å². The van der Waals surface area contributed by atoms with Crippen molar-refractivity contribution < 1.29 is 9.18 Å². The first-order valence-corrected chi connectivity index (χ1v) is 8.14. The lowest BCUT2D eigenvalue weighted by molar-refractivity contribution is 0.102. The van der Waals surface area contributed by atoms with Gasteiger partial charge in [0.15, 0.2) is 5.82 Å². The number of benzene rings is 2. The van der Waals surface area contributed by atoms with Crippen LogP contribution in [0.15, 0.2) is 59.2 Å². The monoisotopic (exact) mass is 398 g/mol. The molecule has 0 atom stereocenters. The van der Waals surface area contributed by atoms with E-state index in [0.717, 1.165) is 0 Å². The largest absolute Gasteiger partial charge is 0.304 e. The minimum atomic E-state index is -0.381. The third-order valence-corrected chi connectivity index (χ3v) is 4.07. The predicted molar refractivity (Wildman–Crippen MR) is 94.5 cm³/mol. The molecule has 3 rings (SSSR count). The average Bonchev–Trinajstić information content (AvgIpc) is 2.96. The molecule has 3 aromatic rings. The van der Waals surface area contributed by atoms with Crippen molar-refractivity contribution in [3.05, 3.63) is 81.7 Å². The molecule has 0 saturated carbocycles. The number of carbonyl (C=O) groups excluding carboxylic acids is 1. The highest BCUT2D eigenvalue weighted by molar-refractivity contribution is 9.10. The fourth-order valence-corrected chi connectivity index (χ4v) is 2.69. The SMILES string of the molecule is N#Cc1cccc(C(=O)Nc2nn(Cc3ccccc3F)cc2Br)c1. The molecule has 0 aliphatic carbocycles. The first kappa shape index (κ1) is 16.9. The highest BCUT2D eigenvalue weighted by Gasteiger charge is 2.13. The van der Waals surface area contributed by atoms with Crippen LogP contribution in [0.3, 0.4) is 0 Å². The van der Waals surface area contributed by atoms with Gasteiger partial charge in [-0.1, -0.05) is 24.3 Å². The lowest BCUT2D eigenvalue weighted by Crippen LogP contribution is -2.13. The normalized spacial score (nSPS) is 10.3. The first-order chi connectivity index (χ1) is 12.1. The second-order valence-corrected chi connectivity index (χ2v) is 6.12. The molecule has 0 fully saturated rings. The Kier molecular flexibility index (Phi) is 4.91. The molecule has 0 bridgehead atoms. The van der Waals surface area contributed by atoms with Gasteiger partial charge in [-0.15, -0.1) is 0 Å². The Morgan fingerprint density at radius 3 is 2.84 bits per heavy atom. The lowest BCUT2D eigenvalue weighted by atomic mass is 10.1. The number of aromatic nitrogens is 2. The number of halogens is 2. The number of anilines is 1. The van der Waals surface area contributed by atoms with Gasteiger partial charge in [-0.2, -0.15) is 10.4 Å². The molecular weight excluding hydrogens is 387 g/mol. The van der Waals surface area contributed by atoms with Crippen molar-refractivity contribution >= 4 is 27.7 Å². The Morgan fingerprint density at radius 2 is 2.08 bits per heavy atom. The predicted octanol–water partition coefficient (Wildman–Crippen LogP) is 3.96. The summed E-state index contributed by atoms with van der Waals surface area (Å²) in [7, 11) is 0. The molecule has 0 radical (unpaired) electrons. The van der Waals surface area contributed by atoms with Crippen molar-refractivity contribution in [2.75, 3.05) is 5.32 Å². The molecule has 124 valence electrons. The first-order valence-electron chi connectivity index (χ1n) is 7.34. The Bertz CT molecular complexity index is 977. The number of nitrogens with one attached hydrogen (secondary N) is 1. The van der Waals surface area contributed by atoms with Gasteiger partial charge in [-0.05, 0) is 40.2 Å². The zero-order valence-corrected chi connectivity index (χ0v) is 14.5. The van der Waals surface area contributed by atoms with Gasteiger partial charge < -0.3 is 5.32 Å². The van der Waals surface area contributed by atoms with E-state index in [2.05, 4.69) is 26.3 Å². The smallest absolute Gasteiger partial charge is 0.256 e. The maximum absolute atomic E-state index is 13.7. The zero-order chi connectivity index (χ0) is 17.8. The highest BCUT2D eigenvalue weighted by Crippen LogP contribution is 2.22. The minimum Gasteiger partial charge on any atom is -0.304 e. The van der Waals surface area contributed by atoms with E-state index >= 15 is 0 Å². The number of hydrogen-bond acceptors (Lipinski definition) is 3. The van der Waals surface area contributed by atoms with Crippen LogP contribution in [0.1, 0.15) is 21.5 Å². The lowest BCUT2D eigenvalue weighted by Gasteiger charge is -2.04. The highest BCUT2D eigenvalue weighted by atomic mass is 79.9. The van der Waals surface area contributed by atoms with Crippen molar-refractivity contribution in [3.8, 4) is 6.07 Å². The molecule has 0 aliphatic rings. The van der Waals surface area contributed by atoms with Gasteiger partial charge in [-0.3, -0.25) is 9.48 Å². The van der Waals surface area contributed by atoms with E-state index in [1.165, 1.54) is 16.8 Å². The third kappa shape index (κ3) is 3.92. The van der Waals surface area contributed by atoms with Crippen LogP contribution < -0.4 is 5.32 Å². The molecule has 1 heterocycles. The standard InChI is InChI=1S/C18H12BrFN4O/c19-15-11-24(10-14-5-1-2-7-16(14)20)23-17(15)22-18(25)13-6-3-4-12(8-13)9-21/h1-8,11H,10H2,(H,22,23,25). The number of carbonyl (C=O) groups is 1. The average molecular weight is 399 g/mol. The maximum atomic E-state index is 13.7. The quantitative estimate of drug-likeness (QED) is 0.722. The van der Waals surface area contributed by atoms with E-state index in [4.69, 9.17) is 5.26 Å². The number of nitriles is 1. The number of amides is 1. The van der Waals surface area contributed by atoms with E-state index in [1.807, 2.05) is 6.07 Å². The van der Waals surface area contributed by atoms with Crippen LogP contribution in [-0.4, -0.2) is 15.7 Å². The summed E-state index contributed by atoms with van der Waals surface area (Å²) in [5.41, 5.74) is 1.25. The van der Waals surface area contributed by atoms with E-state index in [0.29, 0.717) is 27.0 Å². The Balaban J connectivity index is 1.77. The van der Waals surface area contributed by atoms with Crippen molar-refractivity contribution in [2.45, 2.75) is 6.54 Å². The van der Waals surface area contributed by atoms with E-state index in [-0.39, 0.29) is 18.3 Å². The van der Waals surface area contributed by atoms with Crippen molar-refractivity contribution in [3.63, 3.8) is 0 Å². The molecule has 25 heavy (non-hydrogen) atoms. The Morgan fingerprint density at radius 1 is 1.28 bits per heavy atom. The number of nitrogens with zero attached hydrogens (tertiary/aromatic N) is 3. The molecule has 1 N–H and O–H groups in total. The molecule has 1 aromatic heterocycles. The second kappa shape index (κ2) is 7.28. The molecule has 0 spiro atoms. The van der Waals surface area contributed by atoms with Crippen LogP contribution in [0.4, 0.5) is 10.2 Å². The van der Waals surface area contributed by atoms with Gasteiger partial charge in [0.2, 0.25) is 0 Å². The third-order valence-electron chi connectivity index (χ3n) is 3.49. The Labute approximate surface area is 151 Å². The summed E-state index contributed by atoms with van der Waals surface area (Å²) in [6, 6.07) is 14.8. The number of rotatable bonds is 4.